The van der Waals surface area contributed by atoms with Crippen molar-refractivity contribution < 1.29 is 4.74 Å². The molecule has 0 spiro atoms. The molecule has 1 aromatic heterocycles. The smallest absolute Gasteiger partial charge is 0.119 e. The van der Waals surface area contributed by atoms with E-state index in [1.165, 1.54) is 5.56 Å². The van der Waals surface area contributed by atoms with Crippen molar-refractivity contribution in [3.8, 4) is 5.75 Å². The fourth-order valence-electron chi connectivity index (χ4n) is 1.54. The van der Waals surface area contributed by atoms with Gasteiger partial charge in [-0.25, -0.2) is 0 Å². The molecule has 0 unspecified atom stereocenters. The van der Waals surface area contributed by atoms with Crippen molar-refractivity contribution in [3.63, 3.8) is 0 Å². The second-order valence-corrected chi connectivity index (χ2v) is 3.62. The minimum Gasteiger partial charge on any atom is -0.492 e. The van der Waals surface area contributed by atoms with Gasteiger partial charge in [0.05, 0.1) is 6.54 Å². The molecule has 0 radical (unpaired) electrons. The number of rotatable bonds is 5. The lowest BCUT2D eigenvalue weighted by molar-refractivity contribution is 0.291. The fourth-order valence-corrected chi connectivity index (χ4v) is 1.54. The van der Waals surface area contributed by atoms with Crippen LogP contribution in [0.4, 0.5) is 0 Å². The van der Waals surface area contributed by atoms with Gasteiger partial charge in [0.2, 0.25) is 0 Å². The van der Waals surface area contributed by atoms with Gasteiger partial charge in [0, 0.05) is 12.4 Å². The van der Waals surface area contributed by atoms with Crippen molar-refractivity contribution in [3.05, 3.63) is 48.3 Å². The zero-order valence-electron chi connectivity index (χ0n) is 9.47. The van der Waals surface area contributed by atoms with Crippen LogP contribution in [0.25, 0.3) is 0 Å². The molecule has 3 nitrogen and oxygen atoms in total. The summed E-state index contributed by atoms with van der Waals surface area (Å²) in [5, 5.41) is 4.12. The van der Waals surface area contributed by atoms with Gasteiger partial charge < -0.3 is 4.74 Å². The monoisotopic (exact) mass is 216 g/mol. The van der Waals surface area contributed by atoms with Crippen LogP contribution < -0.4 is 4.74 Å². The highest BCUT2D eigenvalue weighted by molar-refractivity contribution is 5.28. The molecule has 0 fully saturated rings. The first-order chi connectivity index (χ1) is 7.88. The lowest BCUT2D eigenvalue weighted by atomic mass is 10.2. The maximum atomic E-state index is 5.66. The Balaban J connectivity index is 1.85. The van der Waals surface area contributed by atoms with Gasteiger partial charge in [-0.3, -0.25) is 4.68 Å². The second kappa shape index (κ2) is 5.35. The molecule has 0 saturated carbocycles. The highest BCUT2D eigenvalue weighted by atomic mass is 16.5. The minimum atomic E-state index is 0.648. The number of ether oxygens (including phenoxy) is 1. The quantitative estimate of drug-likeness (QED) is 0.768. The molecule has 1 heterocycles. The van der Waals surface area contributed by atoms with Gasteiger partial charge >= 0.3 is 0 Å². The highest BCUT2D eigenvalue weighted by Gasteiger charge is 1.96. The highest BCUT2D eigenvalue weighted by Crippen LogP contribution is 2.13. The minimum absolute atomic E-state index is 0.648. The molecule has 0 bridgehead atoms. The summed E-state index contributed by atoms with van der Waals surface area (Å²) in [6.07, 6.45) is 4.75. The summed E-state index contributed by atoms with van der Waals surface area (Å²) >= 11 is 0. The summed E-state index contributed by atoms with van der Waals surface area (Å²) in [4.78, 5) is 0. The molecule has 16 heavy (non-hydrogen) atoms. The molecule has 1 aromatic carbocycles. The summed E-state index contributed by atoms with van der Waals surface area (Å²) in [5.74, 6) is 0.937. The molecule has 0 saturated heterocycles. The van der Waals surface area contributed by atoms with Crippen LogP contribution in [0.2, 0.25) is 0 Å². The molecule has 0 atom stereocenters. The van der Waals surface area contributed by atoms with E-state index in [1.807, 2.05) is 29.1 Å². The van der Waals surface area contributed by atoms with E-state index in [2.05, 4.69) is 24.2 Å². The Kier molecular flexibility index (Phi) is 3.59. The van der Waals surface area contributed by atoms with Crippen LogP contribution in [0.3, 0.4) is 0 Å². The number of aromatic nitrogens is 2. The van der Waals surface area contributed by atoms with Crippen molar-refractivity contribution in [1.29, 1.82) is 0 Å². The Labute approximate surface area is 95.7 Å². The van der Waals surface area contributed by atoms with Crippen LogP contribution in [0.1, 0.15) is 12.5 Å². The SMILES string of the molecule is CCc1cccc(OCCn2cccn2)c1. The van der Waals surface area contributed by atoms with Crippen LogP contribution in [-0.4, -0.2) is 16.4 Å². The molecule has 0 amide bonds. The second-order valence-electron chi connectivity index (χ2n) is 3.62. The molecule has 0 N–H and O–H groups in total. The van der Waals surface area contributed by atoms with Crippen molar-refractivity contribution in [2.24, 2.45) is 0 Å². The van der Waals surface area contributed by atoms with E-state index in [0.717, 1.165) is 18.7 Å². The lowest BCUT2D eigenvalue weighted by Gasteiger charge is -2.07. The van der Waals surface area contributed by atoms with E-state index in [9.17, 15) is 0 Å². The largest absolute Gasteiger partial charge is 0.492 e. The van der Waals surface area contributed by atoms with Crippen LogP contribution in [0.5, 0.6) is 5.75 Å². The van der Waals surface area contributed by atoms with Gasteiger partial charge in [-0.2, -0.15) is 5.10 Å². The van der Waals surface area contributed by atoms with Gasteiger partial charge in [-0.05, 0) is 30.2 Å². The predicted molar refractivity (Wildman–Crippen MR) is 63.5 cm³/mol. The Hall–Kier alpha value is -1.77. The molecule has 0 aliphatic carbocycles. The van der Waals surface area contributed by atoms with Gasteiger partial charge in [-0.15, -0.1) is 0 Å². The summed E-state index contributed by atoms with van der Waals surface area (Å²) in [6.45, 7) is 3.57. The fraction of sp³-hybridized carbons (Fsp3) is 0.308. The normalized spacial score (nSPS) is 10.3. The standard InChI is InChI=1S/C13H16N2O/c1-2-12-5-3-6-13(11-12)16-10-9-15-8-4-7-14-15/h3-8,11H,2,9-10H2,1H3. The lowest BCUT2D eigenvalue weighted by Crippen LogP contribution is -2.08. The molecule has 0 aliphatic rings. The van der Waals surface area contributed by atoms with Gasteiger partial charge in [0.1, 0.15) is 12.4 Å². The number of hydrogen-bond acceptors (Lipinski definition) is 2. The Bertz CT molecular complexity index is 423. The van der Waals surface area contributed by atoms with Gasteiger partial charge in [0.25, 0.3) is 0 Å². The van der Waals surface area contributed by atoms with Crippen molar-refractivity contribution in [1.82, 2.24) is 9.78 Å². The summed E-state index contributed by atoms with van der Waals surface area (Å²) in [5.41, 5.74) is 1.30. The van der Waals surface area contributed by atoms with E-state index in [4.69, 9.17) is 4.74 Å². The predicted octanol–water partition coefficient (Wildman–Crippen LogP) is 2.52. The summed E-state index contributed by atoms with van der Waals surface area (Å²) < 4.78 is 7.53. The molecule has 0 aliphatic heterocycles. The zero-order chi connectivity index (χ0) is 11.2. The van der Waals surface area contributed by atoms with Crippen LogP contribution >= 0.6 is 0 Å². The van der Waals surface area contributed by atoms with E-state index in [-0.39, 0.29) is 0 Å². The topological polar surface area (TPSA) is 27.1 Å². The number of hydrogen-bond donors (Lipinski definition) is 0. The molecule has 2 rings (SSSR count). The third-order valence-corrected chi connectivity index (χ3v) is 2.46. The summed E-state index contributed by atoms with van der Waals surface area (Å²) in [7, 11) is 0. The average Bonchev–Trinajstić information content (AvgIpc) is 2.82. The maximum Gasteiger partial charge on any atom is 0.119 e. The van der Waals surface area contributed by atoms with Crippen LogP contribution in [-0.2, 0) is 13.0 Å². The maximum absolute atomic E-state index is 5.66. The molecule has 84 valence electrons. The number of aryl methyl sites for hydroxylation is 1. The molecular weight excluding hydrogens is 200 g/mol. The van der Waals surface area contributed by atoms with Crippen LogP contribution in [0.15, 0.2) is 42.7 Å². The first-order valence-corrected chi connectivity index (χ1v) is 5.57. The number of nitrogens with zero attached hydrogens (tertiary/aromatic N) is 2. The molecule has 3 heteroatoms. The third-order valence-electron chi connectivity index (χ3n) is 2.46. The average molecular weight is 216 g/mol. The van der Waals surface area contributed by atoms with Gasteiger partial charge in [-0.1, -0.05) is 19.1 Å². The Morgan fingerprint density at radius 2 is 2.25 bits per heavy atom. The zero-order valence-corrected chi connectivity index (χ0v) is 9.47. The summed E-state index contributed by atoms with van der Waals surface area (Å²) in [6, 6.07) is 10.1. The van der Waals surface area contributed by atoms with Crippen LogP contribution in [0, 0.1) is 0 Å². The van der Waals surface area contributed by atoms with E-state index < -0.39 is 0 Å². The number of benzene rings is 1. The Morgan fingerprint density at radius 3 is 3.00 bits per heavy atom. The first-order valence-electron chi connectivity index (χ1n) is 5.57. The molecular formula is C13H16N2O. The van der Waals surface area contributed by atoms with E-state index >= 15 is 0 Å². The van der Waals surface area contributed by atoms with Crippen molar-refractivity contribution >= 4 is 0 Å². The van der Waals surface area contributed by atoms with Crippen molar-refractivity contribution in [2.45, 2.75) is 19.9 Å². The van der Waals surface area contributed by atoms with E-state index in [1.54, 1.807) is 6.20 Å². The first kappa shape index (κ1) is 10.7. The van der Waals surface area contributed by atoms with Gasteiger partial charge in [0.15, 0.2) is 0 Å². The molecule has 2 aromatic rings. The van der Waals surface area contributed by atoms with E-state index in [0.29, 0.717) is 6.61 Å². The Morgan fingerprint density at radius 1 is 1.31 bits per heavy atom. The van der Waals surface area contributed by atoms with Crippen molar-refractivity contribution in [2.75, 3.05) is 6.61 Å². The third kappa shape index (κ3) is 2.86.